The molecule has 10 nitrogen and oxygen atoms in total. The summed E-state index contributed by atoms with van der Waals surface area (Å²) in [4.78, 5) is 13.3. The van der Waals surface area contributed by atoms with E-state index in [9.17, 15) is 14.5 Å². The molecule has 1 fully saturated rings. The molecule has 1 aromatic carbocycles. The van der Waals surface area contributed by atoms with E-state index >= 15 is 0 Å². The first-order chi connectivity index (χ1) is 16.5. The zero-order valence-electron chi connectivity index (χ0n) is 20.0. The van der Waals surface area contributed by atoms with Gasteiger partial charge in [-0.25, -0.2) is 4.57 Å². The Morgan fingerprint density at radius 3 is 2.83 bits per heavy atom. The van der Waals surface area contributed by atoms with Crippen LogP contribution in [0, 0.1) is 0 Å². The van der Waals surface area contributed by atoms with Gasteiger partial charge in [-0.3, -0.25) is 18.4 Å². The van der Waals surface area contributed by atoms with Crippen molar-refractivity contribution in [2.45, 2.75) is 50.8 Å². The van der Waals surface area contributed by atoms with Crippen LogP contribution in [-0.2, 0) is 32.4 Å². The summed E-state index contributed by atoms with van der Waals surface area (Å²) in [5.74, 6) is -2.03. The Hall–Kier alpha value is -1.75. The van der Waals surface area contributed by atoms with Gasteiger partial charge in [0.15, 0.2) is 5.79 Å². The standard InChI is InChI=1S/C23H32ClN2O8P/c1-23(2,28)33-20(14-26-10-5-7-17(13-26)22(25)27)21(30-3)15-32-35(29)31-11-9-19(34-35)16-6-4-8-18(24)12-16/h4-6,8,10,12-13,19-21,28H,7,9,11,14-15H2,1-3H3,(H2,25,27)/t19?,20-,21?,35?/m0/s1. The minimum absolute atomic E-state index is 0.176. The first-order valence-corrected chi connectivity index (χ1v) is 13.0. The summed E-state index contributed by atoms with van der Waals surface area (Å²) in [6.45, 7) is 3.12. The molecule has 0 aliphatic carbocycles. The molecule has 1 saturated heterocycles. The van der Waals surface area contributed by atoms with Gasteiger partial charge in [0, 0.05) is 30.3 Å². The third-order valence-electron chi connectivity index (χ3n) is 5.32. The first-order valence-electron chi connectivity index (χ1n) is 11.2. The summed E-state index contributed by atoms with van der Waals surface area (Å²) in [6.07, 6.45) is 4.05. The predicted molar refractivity (Wildman–Crippen MR) is 129 cm³/mol. The van der Waals surface area contributed by atoms with Crippen molar-refractivity contribution in [3.8, 4) is 0 Å². The SMILES string of the molecule is COC(COP1(=O)OCCC(c2cccc(Cl)c2)O1)[C@H](CN1C=CCC(C(N)=O)=C1)OC(C)(C)O. The number of hydrogen-bond acceptors (Lipinski definition) is 9. The number of phosphoric acid groups is 1. The smallest absolute Gasteiger partial charge is 0.376 e. The van der Waals surface area contributed by atoms with E-state index in [1.807, 2.05) is 6.07 Å². The van der Waals surface area contributed by atoms with Crippen LogP contribution < -0.4 is 5.73 Å². The first kappa shape index (κ1) is 27.8. The van der Waals surface area contributed by atoms with Crippen molar-refractivity contribution in [1.82, 2.24) is 4.90 Å². The minimum atomic E-state index is -3.92. The zero-order chi connectivity index (χ0) is 25.6. The summed E-state index contributed by atoms with van der Waals surface area (Å²) in [5, 5.41) is 10.8. The molecule has 194 valence electrons. The fourth-order valence-corrected chi connectivity index (χ4v) is 5.29. The number of benzene rings is 1. The number of nitrogens with two attached hydrogens (primary N) is 1. The lowest BCUT2D eigenvalue weighted by atomic mass is 10.1. The Bertz CT molecular complexity index is 996. The zero-order valence-corrected chi connectivity index (χ0v) is 21.6. The third kappa shape index (κ3) is 8.41. The van der Waals surface area contributed by atoms with Gasteiger partial charge in [0.25, 0.3) is 0 Å². The van der Waals surface area contributed by atoms with Gasteiger partial charge in [-0.15, -0.1) is 0 Å². The number of rotatable bonds is 11. The maximum absolute atomic E-state index is 13.2. The van der Waals surface area contributed by atoms with Crippen molar-refractivity contribution < 1.29 is 37.5 Å². The topological polar surface area (TPSA) is 130 Å². The Morgan fingerprint density at radius 1 is 1.40 bits per heavy atom. The van der Waals surface area contributed by atoms with E-state index in [1.54, 1.807) is 41.6 Å². The fraction of sp³-hybridized carbons (Fsp3) is 0.522. The molecule has 12 heteroatoms. The molecule has 0 spiro atoms. The number of aliphatic hydroxyl groups is 1. The van der Waals surface area contributed by atoms with E-state index in [0.29, 0.717) is 23.4 Å². The molecule has 2 aliphatic heterocycles. The number of halogens is 1. The van der Waals surface area contributed by atoms with Crippen molar-refractivity contribution in [2.75, 3.05) is 26.9 Å². The number of methoxy groups -OCH3 is 1. The average molecular weight is 531 g/mol. The van der Waals surface area contributed by atoms with Crippen LogP contribution in [0.25, 0.3) is 0 Å². The van der Waals surface area contributed by atoms with E-state index in [0.717, 1.165) is 5.56 Å². The van der Waals surface area contributed by atoms with E-state index in [1.165, 1.54) is 21.0 Å². The maximum Gasteiger partial charge on any atom is 0.475 e. The monoisotopic (exact) mass is 530 g/mol. The number of primary amides is 1. The molecule has 1 amide bonds. The number of phosphoric ester groups is 1. The Balaban J connectivity index is 1.70. The quantitative estimate of drug-likeness (QED) is 0.325. The number of ether oxygens (including phenoxy) is 2. The van der Waals surface area contributed by atoms with Crippen molar-refractivity contribution >= 4 is 25.3 Å². The predicted octanol–water partition coefficient (Wildman–Crippen LogP) is 3.66. The minimum Gasteiger partial charge on any atom is -0.376 e. The second-order valence-corrected chi connectivity index (χ2v) is 10.8. The van der Waals surface area contributed by atoms with E-state index in [2.05, 4.69) is 0 Å². The van der Waals surface area contributed by atoms with E-state index in [4.69, 9.17) is 40.4 Å². The molecular formula is C23H32ClN2O8P. The van der Waals surface area contributed by atoms with Gasteiger partial charge in [-0.05, 0) is 44.2 Å². The highest BCUT2D eigenvalue weighted by molar-refractivity contribution is 7.48. The summed E-state index contributed by atoms with van der Waals surface area (Å²) < 4.78 is 41.3. The summed E-state index contributed by atoms with van der Waals surface area (Å²) in [7, 11) is -2.47. The van der Waals surface area contributed by atoms with Gasteiger partial charge in [0.2, 0.25) is 5.91 Å². The molecule has 3 rings (SSSR count). The van der Waals surface area contributed by atoms with Crippen LogP contribution in [0.4, 0.5) is 0 Å². The fourth-order valence-electron chi connectivity index (χ4n) is 3.70. The molecular weight excluding hydrogens is 499 g/mol. The third-order valence-corrected chi connectivity index (χ3v) is 7.04. The number of amides is 1. The number of allylic oxidation sites excluding steroid dienone is 1. The van der Waals surface area contributed by atoms with Crippen molar-refractivity contribution in [1.29, 1.82) is 0 Å². The Morgan fingerprint density at radius 2 is 2.17 bits per heavy atom. The van der Waals surface area contributed by atoms with Gasteiger partial charge < -0.3 is 25.2 Å². The molecule has 0 aromatic heterocycles. The van der Waals surface area contributed by atoms with Crippen LogP contribution in [0.15, 0.2) is 48.3 Å². The van der Waals surface area contributed by atoms with Gasteiger partial charge in [-0.2, -0.15) is 0 Å². The largest absolute Gasteiger partial charge is 0.475 e. The highest BCUT2D eigenvalue weighted by atomic mass is 35.5. The number of nitrogens with zero attached hydrogens (tertiary/aromatic N) is 1. The molecule has 2 heterocycles. The van der Waals surface area contributed by atoms with Crippen molar-refractivity contribution in [2.24, 2.45) is 5.73 Å². The molecule has 35 heavy (non-hydrogen) atoms. The lowest BCUT2D eigenvalue weighted by molar-refractivity contribution is -0.231. The second-order valence-electron chi connectivity index (χ2n) is 8.70. The molecule has 3 unspecified atom stereocenters. The summed E-state index contributed by atoms with van der Waals surface area (Å²) in [6, 6.07) is 7.10. The highest BCUT2D eigenvalue weighted by Crippen LogP contribution is 2.57. The van der Waals surface area contributed by atoms with Crippen molar-refractivity contribution in [3.05, 3.63) is 58.9 Å². The summed E-state index contributed by atoms with van der Waals surface area (Å²) in [5.41, 5.74) is 6.60. The maximum atomic E-state index is 13.2. The molecule has 0 radical (unpaired) electrons. The number of hydrogen-bond donors (Lipinski definition) is 2. The van der Waals surface area contributed by atoms with Crippen LogP contribution in [0.1, 0.15) is 38.4 Å². The van der Waals surface area contributed by atoms with Crippen LogP contribution in [0.5, 0.6) is 0 Å². The summed E-state index contributed by atoms with van der Waals surface area (Å²) >= 11 is 6.07. The lowest BCUT2D eigenvalue weighted by Gasteiger charge is -2.35. The van der Waals surface area contributed by atoms with E-state index in [-0.39, 0.29) is 19.8 Å². The lowest BCUT2D eigenvalue weighted by Crippen LogP contribution is -2.46. The van der Waals surface area contributed by atoms with Crippen LogP contribution in [-0.4, -0.2) is 60.8 Å². The number of carbonyl (C=O) groups is 1. The number of carbonyl (C=O) groups excluding carboxylic acids is 1. The van der Waals surface area contributed by atoms with Gasteiger partial charge in [0.1, 0.15) is 12.2 Å². The van der Waals surface area contributed by atoms with Crippen molar-refractivity contribution in [3.63, 3.8) is 0 Å². The van der Waals surface area contributed by atoms with Gasteiger partial charge in [-0.1, -0.05) is 29.8 Å². The van der Waals surface area contributed by atoms with Crippen LogP contribution in [0.3, 0.4) is 0 Å². The Kier molecular flexibility index (Phi) is 9.53. The second kappa shape index (κ2) is 12.0. The molecule has 3 N–H and O–H groups in total. The van der Waals surface area contributed by atoms with Crippen LogP contribution in [0.2, 0.25) is 5.02 Å². The van der Waals surface area contributed by atoms with Gasteiger partial charge in [0.05, 0.1) is 25.9 Å². The van der Waals surface area contributed by atoms with Gasteiger partial charge >= 0.3 is 7.82 Å². The molecule has 0 saturated carbocycles. The average Bonchev–Trinajstić information content (AvgIpc) is 2.78. The highest BCUT2D eigenvalue weighted by Gasteiger charge is 2.39. The molecule has 4 atom stereocenters. The van der Waals surface area contributed by atoms with Crippen LogP contribution >= 0.6 is 19.4 Å². The molecule has 1 aromatic rings. The molecule has 2 aliphatic rings. The molecule has 0 bridgehead atoms. The Labute approximate surface area is 210 Å². The van der Waals surface area contributed by atoms with E-state index < -0.39 is 37.8 Å². The normalized spacial score (nSPS) is 24.7.